The quantitative estimate of drug-likeness (QED) is 0.0774. The molecule has 0 saturated carbocycles. The molecule has 268 valence electrons. The number of benzene rings is 2. The number of nitrogens with two attached hydrogens (primary N) is 2. The Balaban J connectivity index is 0.00000650. The maximum Gasteiger partial charge on any atom is 0.274 e. The highest BCUT2D eigenvalue weighted by atomic mass is 35.5. The predicted molar refractivity (Wildman–Crippen MR) is 186 cm³/mol. The van der Waals surface area contributed by atoms with Crippen LogP contribution in [0.3, 0.4) is 0 Å². The molecule has 7 N–H and O–H groups in total. The lowest BCUT2D eigenvalue weighted by molar-refractivity contribution is -0.933. The van der Waals surface area contributed by atoms with E-state index in [2.05, 4.69) is 32.7 Å². The topological polar surface area (TPSA) is 200 Å². The Hall–Kier alpha value is -3.69. The number of carbonyl (C=O) groups excluding carboxylic acids is 2. The van der Waals surface area contributed by atoms with Crippen LogP contribution in [0.2, 0.25) is 5.15 Å². The summed E-state index contributed by atoms with van der Waals surface area (Å²) in [4.78, 5) is 33.6. The van der Waals surface area contributed by atoms with Crippen LogP contribution in [0.25, 0.3) is 0 Å². The maximum atomic E-state index is 13.2. The lowest BCUT2D eigenvalue weighted by Gasteiger charge is -2.45. The number of nitrogens with one attached hydrogen (secondary N) is 2. The molecule has 13 nitrogen and oxygen atoms in total. The molecule has 0 spiro atoms. The van der Waals surface area contributed by atoms with Crippen molar-refractivity contribution in [3.8, 4) is 5.75 Å². The number of amides is 2. The largest absolute Gasteiger partial charge is 1.00 e. The van der Waals surface area contributed by atoms with E-state index in [1.807, 2.05) is 24.3 Å². The van der Waals surface area contributed by atoms with Crippen LogP contribution in [0.15, 0.2) is 48.5 Å². The number of anilines is 2. The fourth-order valence-electron chi connectivity index (χ4n) is 6.23. The van der Waals surface area contributed by atoms with Crippen LogP contribution >= 0.6 is 11.6 Å². The number of quaternary nitrogens is 1. The molecule has 2 unspecified atom stereocenters. The van der Waals surface area contributed by atoms with Crippen molar-refractivity contribution < 1.29 is 44.2 Å². The van der Waals surface area contributed by atoms with Gasteiger partial charge in [0, 0.05) is 24.9 Å². The van der Waals surface area contributed by atoms with Crippen molar-refractivity contribution in [2.75, 3.05) is 57.1 Å². The summed E-state index contributed by atoms with van der Waals surface area (Å²) in [6, 6.07) is 15.4. The molecule has 3 aromatic rings. The molecule has 2 amide bonds. The number of aromatic nitrogens is 2. The molecular weight excluding hydrogens is 693 g/mol. The van der Waals surface area contributed by atoms with Crippen LogP contribution in [-0.4, -0.2) is 90.9 Å². The number of rotatable bonds is 16. The minimum absolute atomic E-state index is 0. The van der Waals surface area contributed by atoms with E-state index in [4.69, 9.17) is 32.4 Å². The van der Waals surface area contributed by atoms with Crippen LogP contribution in [0, 0.1) is 0 Å². The molecule has 0 radical (unpaired) electrons. The maximum absolute atomic E-state index is 13.2. The average Bonchev–Trinajstić information content (AvgIpc) is 3.05. The van der Waals surface area contributed by atoms with Gasteiger partial charge in [0.05, 0.1) is 45.1 Å². The molecule has 0 aliphatic carbocycles. The Morgan fingerprint density at radius 2 is 1.57 bits per heavy atom. The van der Waals surface area contributed by atoms with Crippen LogP contribution in [0.5, 0.6) is 5.75 Å². The summed E-state index contributed by atoms with van der Waals surface area (Å²) >= 11 is 6.02. The van der Waals surface area contributed by atoms with Gasteiger partial charge in [0.2, 0.25) is 0 Å². The first-order valence-electron chi connectivity index (χ1n) is 16.1. The van der Waals surface area contributed by atoms with Gasteiger partial charge in [-0.15, -0.1) is 0 Å². The normalized spacial score (nSPS) is 17.5. The number of ether oxygens (including phenoxy) is 1. The number of aryl methyl sites for hydroxylation is 2. The number of halogens is 2. The third-order valence-corrected chi connectivity index (χ3v) is 9.77. The SMILES string of the molecule is COc1ccc(CCC[N+]2(CCCc3ccc(C(=O)NCCCS(=O)(=O)O)cc3)CCCC(NC(=O)c3nc(Cl)c(N)nc3N)C2)cc1.[Cl-]. The van der Waals surface area contributed by atoms with Crippen molar-refractivity contribution in [2.24, 2.45) is 0 Å². The van der Waals surface area contributed by atoms with Gasteiger partial charge in [0.15, 0.2) is 22.5 Å². The molecule has 1 aliphatic rings. The number of likely N-dealkylation sites (tertiary alicyclic amines) is 1. The average molecular weight is 739 g/mol. The predicted octanol–water partition coefficient (Wildman–Crippen LogP) is 0.289. The number of hydrogen-bond donors (Lipinski definition) is 5. The van der Waals surface area contributed by atoms with Gasteiger partial charge >= 0.3 is 0 Å². The summed E-state index contributed by atoms with van der Waals surface area (Å²) in [6.07, 6.45) is 5.55. The lowest BCUT2D eigenvalue weighted by Crippen LogP contribution is -3.00. The zero-order valence-electron chi connectivity index (χ0n) is 27.5. The highest BCUT2D eigenvalue weighted by Gasteiger charge is 2.35. The van der Waals surface area contributed by atoms with Gasteiger partial charge in [0.25, 0.3) is 21.9 Å². The van der Waals surface area contributed by atoms with Crippen molar-refractivity contribution in [1.29, 1.82) is 0 Å². The lowest BCUT2D eigenvalue weighted by atomic mass is 9.99. The van der Waals surface area contributed by atoms with Gasteiger partial charge in [-0.25, -0.2) is 9.97 Å². The molecular formula is C33H45Cl2N7O6S. The summed E-state index contributed by atoms with van der Waals surface area (Å²) in [6.45, 7) is 3.78. The van der Waals surface area contributed by atoms with E-state index in [0.717, 1.165) is 80.5 Å². The van der Waals surface area contributed by atoms with Crippen LogP contribution in [0.1, 0.15) is 64.1 Å². The Morgan fingerprint density at radius 1 is 0.959 bits per heavy atom. The molecule has 1 fully saturated rings. The molecule has 2 aromatic carbocycles. The first kappa shape index (κ1) is 39.7. The Kier molecular flexibility index (Phi) is 14.9. The fourth-order valence-corrected chi connectivity index (χ4v) is 6.87. The Labute approximate surface area is 298 Å². The number of nitrogens with zero attached hydrogens (tertiary/aromatic N) is 3. The second-order valence-corrected chi connectivity index (χ2v) is 14.2. The van der Waals surface area contributed by atoms with Gasteiger partial charge in [-0.1, -0.05) is 35.9 Å². The summed E-state index contributed by atoms with van der Waals surface area (Å²) in [7, 11) is -2.40. The number of methoxy groups -OCH3 is 1. The second kappa shape index (κ2) is 18.3. The Morgan fingerprint density at radius 3 is 2.16 bits per heavy atom. The van der Waals surface area contributed by atoms with E-state index < -0.39 is 21.8 Å². The molecule has 49 heavy (non-hydrogen) atoms. The monoisotopic (exact) mass is 737 g/mol. The smallest absolute Gasteiger partial charge is 0.274 e. The zero-order chi connectivity index (χ0) is 34.7. The third-order valence-electron chi connectivity index (χ3n) is 8.68. The number of carbonyl (C=O) groups is 2. The van der Waals surface area contributed by atoms with E-state index in [1.165, 1.54) is 5.56 Å². The van der Waals surface area contributed by atoms with E-state index in [0.29, 0.717) is 5.56 Å². The van der Waals surface area contributed by atoms with Gasteiger partial charge in [0.1, 0.15) is 5.75 Å². The van der Waals surface area contributed by atoms with E-state index >= 15 is 0 Å². The third kappa shape index (κ3) is 12.3. The first-order chi connectivity index (χ1) is 22.9. The summed E-state index contributed by atoms with van der Waals surface area (Å²) in [5, 5.41) is 5.73. The minimum atomic E-state index is -4.05. The highest BCUT2D eigenvalue weighted by Crippen LogP contribution is 2.24. The van der Waals surface area contributed by atoms with E-state index in [-0.39, 0.29) is 59.8 Å². The van der Waals surface area contributed by atoms with Crippen LogP contribution in [-0.2, 0) is 23.0 Å². The first-order valence-corrected chi connectivity index (χ1v) is 18.0. The van der Waals surface area contributed by atoms with Gasteiger partial charge in [-0.3, -0.25) is 14.1 Å². The number of nitrogen functional groups attached to an aromatic ring is 2. The van der Waals surface area contributed by atoms with E-state index in [1.54, 1.807) is 19.2 Å². The summed E-state index contributed by atoms with van der Waals surface area (Å²) in [5.41, 5.74) is 14.4. The Bertz CT molecular complexity index is 1660. The van der Waals surface area contributed by atoms with Crippen LogP contribution in [0.4, 0.5) is 11.6 Å². The van der Waals surface area contributed by atoms with Crippen molar-refractivity contribution in [1.82, 2.24) is 20.6 Å². The highest BCUT2D eigenvalue weighted by molar-refractivity contribution is 7.85. The summed E-state index contributed by atoms with van der Waals surface area (Å²) in [5.74, 6) is -0.384. The number of piperidine rings is 1. The van der Waals surface area contributed by atoms with Gasteiger partial charge in [-0.05, 0) is 67.5 Å². The number of hydrogen-bond acceptors (Lipinski definition) is 9. The molecule has 2 heterocycles. The fraction of sp³-hybridized carbons (Fsp3) is 0.455. The molecule has 4 rings (SSSR count). The van der Waals surface area contributed by atoms with Gasteiger partial charge in [-0.2, -0.15) is 8.42 Å². The van der Waals surface area contributed by atoms with Gasteiger partial charge < -0.3 is 43.7 Å². The molecule has 1 aliphatic heterocycles. The molecule has 1 saturated heterocycles. The van der Waals surface area contributed by atoms with Crippen molar-refractivity contribution in [3.63, 3.8) is 0 Å². The molecule has 1 aromatic heterocycles. The summed E-state index contributed by atoms with van der Waals surface area (Å²) < 4.78 is 36.7. The van der Waals surface area contributed by atoms with Crippen molar-refractivity contribution in [3.05, 3.63) is 76.1 Å². The van der Waals surface area contributed by atoms with E-state index in [9.17, 15) is 18.0 Å². The standard InChI is InChI=1S/C33H44ClN7O6S.ClH/c1-47-27-15-11-24(12-16-27)7-3-19-41(20-4-8-26(22-41)38-33(43)28-30(35)40-31(36)29(34)39-28)18-2-6-23-9-13-25(14-10-23)32(42)37-17-5-21-48(44,45)46;/h9-16,26H,2-8,17-22H2,1H3,(H6-,35,36,37,38,40,42,43,44,45,46);1H. The second-order valence-electron chi connectivity index (χ2n) is 12.3. The zero-order valence-corrected chi connectivity index (χ0v) is 29.9. The molecule has 16 heteroatoms. The molecule has 2 atom stereocenters. The minimum Gasteiger partial charge on any atom is -1.00 e. The molecule has 0 bridgehead atoms. The van der Waals surface area contributed by atoms with Crippen molar-refractivity contribution in [2.45, 2.75) is 51.0 Å². The van der Waals surface area contributed by atoms with Crippen molar-refractivity contribution >= 4 is 45.2 Å². The van der Waals surface area contributed by atoms with Crippen LogP contribution < -0.4 is 39.2 Å².